The molecule has 1 aromatic rings. The second-order valence-electron chi connectivity index (χ2n) is 7.84. The highest BCUT2D eigenvalue weighted by Gasteiger charge is 2.36. The highest BCUT2D eigenvalue weighted by Crippen LogP contribution is 2.36. The molecule has 0 unspecified atom stereocenters. The molecule has 6 nitrogen and oxygen atoms in total. The Bertz CT molecular complexity index is 807. The van der Waals surface area contributed by atoms with Crippen LogP contribution in [0.25, 0.3) is 5.70 Å². The van der Waals surface area contributed by atoms with Crippen molar-refractivity contribution in [2.24, 2.45) is 0 Å². The van der Waals surface area contributed by atoms with Gasteiger partial charge in [0.25, 0.3) is 0 Å². The lowest BCUT2D eigenvalue weighted by Gasteiger charge is -2.41. The fourth-order valence-corrected chi connectivity index (χ4v) is 3.52. The molecule has 0 amide bonds. The molecule has 3 rings (SSSR count). The van der Waals surface area contributed by atoms with E-state index in [4.69, 9.17) is 4.74 Å². The molecule has 1 N–H and O–H groups in total. The summed E-state index contributed by atoms with van der Waals surface area (Å²) in [7, 11) is 1.71. The van der Waals surface area contributed by atoms with E-state index in [1.165, 1.54) is 0 Å². The number of allylic oxidation sites excluding steroid dienone is 1. The maximum absolute atomic E-state index is 12.5. The molecular weight excluding hydrogens is 330 g/mol. The van der Waals surface area contributed by atoms with Crippen molar-refractivity contribution >= 4 is 11.5 Å². The number of likely N-dealkylation sites (tertiary alicyclic amines) is 1. The predicted molar refractivity (Wildman–Crippen MR) is 96.9 cm³/mol. The molecular formula is C20H25N3O3. The summed E-state index contributed by atoms with van der Waals surface area (Å²) in [6.45, 7) is 6.80. The summed E-state index contributed by atoms with van der Waals surface area (Å²) in [4.78, 5) is 19.2. The monoisotopic (exact) mass is 355 g/mol. The molecule has 1 fully saturated rings. The van der Waals surface area contributed by atoms with Crippen LogP contribution in [-0.2, 0) is 21.6 Å². The predicted octanol–water partition coefficient (Wildman–Crippen LogP) is 2.17. The zero-order valence-electron chi connectivity index (χ0n) is 15.8. The number of fused-ring (bicyclic) bond motifs is 1. The van der Waals surface area contributed by atoms with E-state index >= 15 is 0 Å². The molecule has 0 saturated carbocycles. The topological polar surface area (TPSA) is 86.5 Å². The van der Waals surface area contributed by atoms with Crippen molar-refractivity contribution in [2.75, 3.05) is 20.2 Å². The van der Waals surface area contributed by atoms with E-state index in [9.17, 15) is 15.2 Å². The van der Waals surface area contributed by atoms with Crippen LogP contribution in [0.2, 0.25) is 0 Å². The molecule has 0 bridgehead atoms. The Balaban J connectivity index is 2.07. The summed E-state index contributed by atoms with van der Waals surface area (Å²) < 4.78 is 5.60. The first kappa shape index (κ1) is 18.6. The van der Waals surface area contributed by atoms with Gasteiger partial charge in [-0.05, 0) is 45.2 Å². The van der Waals surface area contributed by atoms with Gasteiger partial charge < -0.3 is 14.7 Å². The minimum absolute atomic E-state index is 0.166. The third-order valence-electron chi connectivity index (χ3n) is 5.44. The molecule has 26 heavy (non-hydrogen) atoms. The number of ether oxygens (including phenoxy) is 1. The minimum atomic E-state index is -1.09. The Kier molecular flexibility index (Phi) is 4.63. The lowest BCUT2D eigenvalue weighted by Crippen LogP contribution is -2.44. The largest absolute Gasteiger partial charge is 0.384 e. The summed E-state index contributed by atoms with van der Waals surface area (Å²) in [5, 5.41) is 19.9. The van der Waals surface area contributed by atoms with Gasteiger partial charge in [0.1, 0.15) is 17.2 Å². The van der Waals surface area contributed by atoms with Crippen LogP contribution in [0.3, 0.4) is 0 Å². The van der Waals surface area contributed by atoms with E-state index < -0.39 is 5.60 Å². The fraction of sp³-hybridized carbons (Fsp3) is 0.550. The van der Waals surface area contributed by atoms with Crippen LogP contribution >= 0.6 is 0 Å². The summed E-state index contributed by atoms with van der Waals surface area (Å²) in [6, 6.07) is 5.68. The van der Waals surface area contributed by atoms with Gasteiger partial charge in [-0.25, -0.2) is 4.98 Å². The molecule has 1 aromatic heterocycles. The number of nitrogens with zero attached hydrogens (tertiary/aromatic N) is 3. The Morgan fingerprint density at radius 2 is 2.00 bits per heavy atom. The van der Waals surface area contributed by atoms with Crippen molar-refractivity contribution < 1.29 is 14.6 Å². The van der Waals surface area contributed by atoms with Crippen molar-refractivity contribution in [3.63, 3.8) is 0 Å². The highest BCUT2D eigenvalue weighted by molar-refractivity contribution is 6.09. The number of ketones is 1. The summed E-state index contributed by atoms with van der Waals surface area (Å²) in [5.41, 5.74) is 1.46. The van der Waals surface area contributed by atoms with Crippen LogP contribution < -0.4 is 0 Å². The van der Waals surface area contributed by atoms with E-state index in [0.29, 0.717) is 30.2 Å². The number of aliphatic hydroxyl groups is 1. The number of aromatic nitrogens is 1. The molecule has 1 saturated heterocycles. The van der Waals surface area contributed by atoms with Gasteiger partial charge in [0.15, 0.2) is 5.78 Å². The molecule has 1 aliphatic heterocycles. The standard InChI is InChI=1S/C20H25N3O3/c1-19(2,25)16-6-5-13-11-15(24)14(12-21)18(17(13)22-16)23-9-7-20(3,26-4)8-10-23/h5-6,25H,7-11H2,1-4H3. The quantitative estimate of drug-likeness (QED) is 0.894. The molecule has 2 aliphatic rings. The minimum Gasteiger partial charge on any atom is -0.384 e. The maximum atomic E-state index is 12.5. The number of hydrogen-bond donors (Lipinski definition) is 1. The number of hydrogen-bond acceptors (Lipinski definition) is 6. The number of piperidine rings is 1. The average Bonchev–Trinajstić information content (AvgIpc) is 2.60. The average molecular weight is 355 g/mol. The number of carbonyl (C=O) groups excluding carboxylic acids is 1. The molecule has 2 heterocycles. The van der Waals surface area contributed by atoms with Crippen molar-refractivity contribution in [3.05, 3.63) is 34.7 Å². The number of Topliss-reactive ketones (excluding diaryl/α,β-unsaturated/α-hetero) is 1. The zero-order valence-corrected chi connectivity index (χ0v) is 15.8. The van der Waals surface area contributed by atoms with Crippen LogP contribution in [0.1, 0.15) is 50.6 Å². The van der Waals surface area contributed by atoms with E-state index in [-0.39, 0.29) is 23.4 Å². The van der Waals surface area contributed by atoms with E-state index in [1.807, 2.05) is 6.07 Å². The Morgan fingerprint density at radius 1 is 1.35 bits per heavy atom. The summed E-state index contributed by atoms with van der Waals surface area (Å²) in [5.74, 6) is -0.173. The van der Waals surface area contributed by atoms with Crippen LogP contribution in [0.5, 0.6) is 0 Å². The van der Waals surface area contributed by atoms with Gasteiger partial charge in [-0.2, -0.15) is 5.26 Å². The third kappa shape index (κ3) is 3.25. The van der Waals surface area contributed by atoms with Crippen molar-refractivity contribution in [1.82, 2.24) is 9.88 Å². The van der Waals surface area contributed by atoms with Gasteiger partial charge in [0.2, 0.25) is 0 Å². The van der Waals surface area contributed by atoms with Crippen LogP contribution in [0.4, 0.5) is 0 Å². The van der Waals surface area contributed by atoms with Crippen LogP contribution in [-0.4, -0.2) is 46.6 Å². The number of nitriles is 1. The highest BCUT2D eigenvalue weighted by atomic mass is 16.5. The number of carbonyl (C=O) groups is 1. The molecule has 0 spiro atoms. The normalized spacial score (nSPS) is 20.0. The second-order valence-corrected chi connectivity index (χ2v) is 7.84. The molecule has 1 aliphatic carbocycles. The number of rotatable bonds is 3. The Labute approximate surface area is 154 Å². The maximum Gasteiger partial charge on any atom is 0.180 e. The van der Waals surface area contributed by atoms with E-state index in [1.54, 1.807) is 27.0 Å². The summed E-state index contributed by atoms with van der Waals surface area (Å²) in [6.07, 6.45) is 1.78. The van der Waals surface area contributed by atoms with Crippen molar-refractivity contribution in [2.45, 2.75) is 51.2 Å². The smallest absolute Gasteiger partial charge is 0.180 e. The Morgan fingerprint density at radius 3 is 2.54 bits per heavy atom. The lowest BCUT2D eigenvalue weighted by molar-refractivity contribution is -0.114. The van der Waals surface area contributed by atoms with Crippen LogP contribution in [0, 0.1) is 11.3 Å². The first-order chi connectivity index (χ1) is 12.2. The lowest BCUT2D eigenvalue weighted by atomic mass is 9.87. The van der Waals surface area contributed by atoms with Gasteiger partial charge in [0.05, 0.1) is 22.7 Å². The fourth-order valence-electron chi connectivity index (χ4n) is 3.52. The van der Waals surface area contributed by atoms with Crippen molar-refractivity contribution in [1.29, 1.82) is 5.26 Å². The van der Waals surface area contributed by atoms with E-state index in [2.05, 4.69) is 22.9 Å². The zero-order chi connectivity index (χ0) is 19.1. The molecule has 6 heteroatoms. The van der Waals surface area contributed by atoms with Gasteiger partial charge in [-0.1, -0.05) is 6.07 Å². The van der Waals surface area contributed by atoms with Crippen molar-refractivity contribution in [3.8, 4) is 6.07 Å². The summed E-state index contributed by atoms with van der Waals surface area (Å²) >= 11 is 0. The van der Waals surface area contributed by atoms with Gasteiger partial charge in [-0.3, -0.25) is 4.79 Å². The SMILES string of the molecule is COC1(C)CCN(C2=C(C#N)C(=O)Cc3ccc(C(C)(C)O)nc32)CC1. The second kappa shape index (κ2) is 6.49. The van der Waals surface area contributed by atoms with Crippen LogP contribution in [0.15, 0.2) is 17.7 Å². The first-order valence-corrected chi connectivity index (χ1v) is 8.89. The molecule has 0 radical (unpaired) electrons. The van der Waals surface area contributed by atoms with Gasteiger partial charge in [0, 0.05) is 26.6 Å². The third-order valence-corrected chi connectivity index (χ3v) is 5.44. The number of methoxy groups -OCH3 is 1. The molecule has 138 valence electrons. The molecule has 0 atom stereocenters. The van der Waals surface area contributed by atoms with Gasteiger partial charge >= 0.3 is 0 Å². The Hall–Kier alpha value is -2.23. The molecule has 0 aromatic carbocycles. The first-order valence-electron chi connectivity index (χ1n) is 8.89. The number of pyridine rings is 1. The van der Waals surface area contributed by atoms with E-state index in [0.717, 1.165) is 18.4 Å². The van der Waals surface area contributed by atoms with Gasteiger partial charge in [-0.15, -0.1) is 0 Å².